The second kappa shape index (κ2) is 12.7. The van der Waals surface area contributed by atoms with Crippen molar-refractivity contribution in [1.29, 1.82) is 0 Å². The first-order chi connectivity index (χ1) is 19.1. The Morgan fingerprint density at radius 3 is 2.58 bits per heavy atom. The first-order valence-electron chi connectivity index (χ1n) is 13.4. The minimum absolute atomic E-state index is 0.0138. The highest BCUT2D eigenvalue weighted by Gasteiger charge is 2.41. The molecule has 0 aliphatic carbocycles. The van der Waals surface area contributed by atoms with Crippen LogP contribution in [0.1, 0.15) is 50.8 Å². The molecule has 2 N–H and O–H groups in total. The molecular weight excluding hydrogens is 512 g/mol. The Kier molecular flexibility index (Phi) is 9.08. The Balaban J connectivity index is 1.58. The number of carbonyl (C=O) groups is 4. The fourth-order valence-electron chi connectivity index (χ4n) is 4.58. The van der Waals surface area contributed by atoms with Crippen molar-refractivity contribution in [3.63, 3.8) is 0 Å². The van der Waals surface area contributed by atoms with E-state index in [9.17, 15) is 19.2 Å². The summed E-state index contributed by atoms with van der Waals surface area (Å²) in [6.07, 6.45) is 3.72. The van der Waals surface area contributed by atoms with Crippen molar-refractivity contribution in [1.82, 2.24) is 15.5 Å². The van der Waals surface area contributed by atoms with E-state index in [2.05, 4.69) is 10.6 Å². The van der Waals surface area contributed by atoms with Gasteiger partial charge in [0.05, 0.1) is 12.6 Å². The Morgan fingerprint density at radius 1 is 1.05 bits per heavy atom. The fraction of sp³-hybridized carbons (Fsp3) is 0.400. The summed E-state index contributed by atoms with van der Waals surface area (Å²) >= 11 is 0. The van der Waals surface area contributed by atoms with Gasteiger partial charge in [0.2, 0.25) is 11.8 Å². The molecule has 4 rings (SSSR count). The number of ether oxygens (including phenoxy) is 2. The lowest BCUT2D eigenvalue weighted by Crippen LogP contribution is -2.63. The Labute approximate surface area is 234 Å². The van der Waals surface area contributed by atoms with Crippen molar-refractivity contribution in [2.24, 2.45) is 0 Å². The van der Waals surface area contributed by atoms with Crippen molar-refractivity contribution in [2.45, 2.75) is 57.9 Å². The molecule has 4 amide bonds. The number of rotatable bonds is 3. The molecule has 0 unspecified atom stereocenters. The van der Waals surface area contributed by atoms with Crippen LogP contribution in [0, 0.1) is 0 Å². The van der Waals surface area contributed by atoms with E-state index in [1.54, 1.807) is 39.0 Å². The van der Waals surface area contributed by atoms with E-state index in [0.29, 0.717) is 25.1 Å². The second-order valence-corrected chi connectivity index (χ2v) is 10.8. The van der Waals surface area contributed by atoms with Crippen LogP contribution >= 0.6 is 0 Å². The maximum Gasteiger partial charge on any atom is 0.410 e. The maximum absolute atomic E-state index is 13.4. The normalized spacial score (nSPS) is 20.6. The summed E-state index contributed by atoms with van der Waals surface area (Å²) in [5, 5.41) is 5.81. The summed E-state index contributed by atoms with van der Waals surface area (Å²) in [5.41, 5.74) is 1.38. The molecule has 2 bridgehead atoms. The number of nitrogens with one attached hydrogen (secondary N) is 2. The number of amides is 4. The summed E-state index contributed by atoms with van der Waals surface area (Å²) < 4.78 is 10.9. The lowest BCUT2D eigenvalue weighted by molar-refractivity contribution is -0.129. The van der Waals surface area contributed by atoms with Crippen molar-refractivity contribution in [2.75, 3.05) is 24.5 Å². The molecule has 0 radical (unpaired) electrons. The average Bonchev–Trinajstić information content (AvgIpc) is 2.92. The van der Waals surface area contributed by atoms with Gasteiger partial charge < -0.3 is 20.1 Å². The topological polar surface area (TPSA) is 117 Å². The minimum atomic E-state index is -0.948. The van der Waals surface area contributed by atoms with Gasteiger partial charge in [-0.15, -0.1) is 0 Å². The molecule has 2 aromatic carbocycles. The van der Waals surface area contributed by atoms with Crippen LogP contribution < -0.4 is 15.5 Å². The zero-order valence-corrected chi connectivity index (χ0v) is 23.1. The van der Waals surface area contributed by atoms with Crippen molar-refractivity contribution < 1.29 is 28.7 Å². The van der Waals surface area contributed by atoms with Gasteiger partial charge in [0.15, 0.2) is 0 Å². The molecule has 2 atom stereocenters. The summed E-state index contributed by atoms with van der Waals surface area (Å²) in [6.45, 7) is 5.49. The standard InChI is InChI=1S/C30H36N4O6/c1-30(2,3)40-29(38)33-18-25-27(36)31-16-9-5-8-15-24(32-28(37)39-20-21-11-6-4-7-12-21)22-13-10-14-23(17-22)34(25)26(35)19-33/h4-8,10-14,17,24-25H,9,15-16,18-20H2,1-3H3,(H,31,36)(H,32,37)/b8-5-/t24-,25-/m0/s1. The molecule has 2 aliphatic rings. The molecule has 2 aromatic rings. The van der Waals surface area contributed by atoms with Gasteiger partial charge in [0.1, 0.15) is 24.8 Å². The number of hydrogen-bond acceptors (Lipinski definition) is 6. The van der Waals surface area contributed by atoms with Gasteiger partial charge in [-0.1, -0.05) is 54.6 Å². The highest BCUT2D eigenvalue weighted by Crippen LogP contribution is 2.28. The highest BCUT2D eigenvalue weighted by atomic mass is 16.6. The lowest BCUT2D eigenvalue weighted by atomic mass is 10.0. The van der Waals surface area contributed by atoms with Crippen LogP contribution in [0.15, 0.2) is 66.7 Å². The highest BCUT2D eigenvalue weighted by molar-refractivity contribution is 6.04. The number of alkyl carbamates (subject to hydrolysis) is 1. The molecule has 0 saturated carbocycles. The Bertz CT molecular complexity index is 1260. The van der Waals surface area contributed by atoms with Crippen LogP contribution in [-0.4, -0.2) is 60.2 Å². The average molecular weight is 549 g/mol. The number of anilines is 1. The van der Waals surface area contributed by atoms with Crippen LogP contribution in [0.25, 0.3) is 0 Å². The third-order valence-electron chi connectivity index (χ3n) is 6.46. The first-order valence-corrected chi connectivity index (χ1v) is 13.4. The van der Waals surface area contributed by atoms with E-state index < -0.39 is 35.8 Å². The number of nitrogens with zero attached hydrogens (tertiary/aromatic N) is 2. The Morgan fingerprint density at radius 2 is 1.82 bits per heavy atom. The second-order valence-electron chi connectivity index (χ2n) is 10.8. The predicted octanol–water partition coefficient (Wildman–Crippen LogP) is 4.07. The van der Waals surface area contributed by atoms with Crippen molar-refractivity contribution in [3.8, 4) is 0 Å². The maximum atomic E-state index is 13.4. The molecule has 10 nitrogen and oxygen atoms in total. The van der Waals surface area contributed by atoms with Gasteiger partial charge in [0, 0.05) is 12.2 Å². The summed E-state index contributed by atoms with van der Waals surface area (Å²) in [6, 6.07) is 15.2. The number of piperazine rings is 1. The molecule has 0 aromatic heterocycles. The van der Waals surface area contributed by atoms with Gasteiger partial charge in [-0.25, -0.2) is 9.59 Å². The van der Waals surface area contributed by atoms with E-state index >= 15 is 0 Å². The van der Waals surface area contributed by atoms with Crippen LogP contribution in [-0.2, 0) is 25.7 Å². The van der Waals surface area contributed by atoms with Gasteiger partial charge in [-0.3, -0.25) is 19.4 Å². The summed E-state index contributed by atoms with van der Waals surface area (Å²) in [4.78, 5) is 54.8. The van der Waals surface area contributed by atoms with Crippen LogP contribution in [0.4, 0.5) is 15.3 Å². The molecule has 10 heteroatoms. The SMILES string of the molecule is CC(C)(C)OC(=O)N1CC(=O)N2c3cccc(c3)[C@@H](NC(=O)OCc3ccccc3)C/C=C\CCNC(=O)[C@@H]2C1. The molecule has 2 aliphatic heterocycles. The monoisotopic (exact) mass is 548 g/mol. The van der Waals surface area contributed by atoms with Gasteiger partial charge in [-0.2, -0.15) is 0 Å². The number of fused-ring (bicyclic) bond motifs is 4. The van der Waals surface area contributed by atoms with E-state index in [4.69, 9.17) is 9.47 Å². The smallest absolute Gasteiger partial charge is 0.410 e. The third kappa shape index (κ3) is 7.62. The fourth-order valence-corrected chi connectivity index (χ4v) is 4.58. The first kappa shape index (κ1) is 28.7. The zero-order chi connectivity index (χ0) is 28.7. The lowest BCUT2D eigenvalue weighted by Gasteiger charge is -2.40. The van der Waals surface area contributed by atoms with Crippen molar-refractivity contribution >= 4 is 29.7 Å². The number of carbonyl (C=O) groups excluding carboxylic acids is 4. The number of hydrogen-bond donors (Lipinski definition) is 2. The van der Waals surface area contributed by atoms with Gasteiger partial charge in [-0.05, 0) is 56.9 Å². The van der Waals surface area contributed by atoms with Crippen molar-refractivity contribution in [3.05, 3.63) is 77.9 Å². The quantitative estimate of drug-likeness (QED) is 0.559. The molecule has 2 heterocycles. The predicted molar refractivity (Wildman–Crippen MR) is 149 cm³/mol. The van der Waals surface area contributed by atoms with Crippen LogP contribution in [0.2, 0.25) is 0 Å². The molecule has 212 valence electrons. The summed E-state index contributed by atoms with van der Waals surface area (Å²) in [7, 11) is 0. The molecule has 1 fully saturated rings. The Hall–Kier alpha value is -4.34. The molecule has 40 heavy (non-hydrogen) atoms. The van der Waals surface area contributed by atoms with E-state index in [1.165, 1.54) is 9.80 Å². The van der Waals surface area contributed by atoms with Gasteiger partial charge >= 0.3 is 12.2 Å². The molecule has 0 spiro atoms. The number of benzene rings is 2. The third-order valence-corrected chi connectivity index (χ3v) is 6.46. The molecular formula is C30H36N4O6. The van der Waals surface area contributed by atoms with Crippen LogP contribution in [0.3, 0.4) is 0 Å². The van der Waals surface area contributed by atoms with Crippen LogP contribution in [0.5, 0.6) is 0 Å². The van der Waals surface area contributed by atoms with E-state index in [0.717, 1.165) is 11.1 Å². The summed E-state index contributed by atoms with van der Waals surface area (Å²) in [5.74, 6) is -0.770. The van der Waals surface area contributed by atoms with E-state index in [1.807, 2.05) is 48.6 Å². The van der Waals surface area contributed by atoms with E-state index in [-0.39, 0.29) is 25.6 Å². The largest absolute Gasteiger partial charge is 0.445 e. The molecule has 1 saturated heterocycles. The minimum Gasteiger partial charge on any atom is -0.445 e. The van der Waals surface area contributed by atoms with Gasteiger partial charge in [0.25, 0.3) is 0 Å². The zero-order valence-electron chi connectivity index (χ0n) is 23.1.